The van der Waals surface area contributed by atoms with Crippen molar-refractivity contribution in [3.63, 3.8) is 0 Å². The van der Waals surface area contributed by atoms with Crippen LogP contribution in [0.5, 0.6) is 5.75 Å². The van der Waals surface area contributed by atoms with Crippen LogP contribution in [0.1, 0.15) is 32.3 Å². The maximum atomic E-state index is 12.7. The summed E-state index contributed by atoms with van der Waals surface area (Å²) in [7, 11) is 0. The second-order valence-corrected chi connectivity index (χ2v) is 8.23. The molecule has 0 aromatic heterocycles. The monoisotopic (exact) mass is 398 g/mol. The Morgan fingerprint density at radius 1 is 1.14 bits per heavy atom. The molecule has 6 heteroatoms. The molecule has 28 heavy (non-hydrogen) atoms. The number of amides is 2. The number of rotatable bonds is 7. The average Bonchev–Trinajstić information content (AvgIpc) is 2.71. The molecule has 0 bridgehead atoms. The van der Waals surface area contributed by atoms with E-state index in [0.29, 0.717) is 24.9 Å². The fraction of sp³-hybridized carbons (Fsp3) is 0.364. The summed E-state index contributed by atoms with van der Waals surface area (Å²) in [5.41, 5.74) is 1.95. The fourth-order valence-corrected chi connectivity index (χ4v) is 4.25. The van der Waals surface area contributed by atoms with Gasteiger partial charge in [-0.25, -0.2) is 0 Å². The lowest BCUT2D eigenvalue weighted by Crippen LogP contribution is -2.39. The summed E-state index contributed by atoms with van der Waals surface area (Å²) in [5.74, 6) is 0.697. The van der Waals surface area contributed by atoms with Crippen LogP contribution in [0, 0.1) is 0 Å². The maximum Gasteiger partial charge on any atom is 0.227 e. The standard InChI is InChI=1S/C22H26N2O3S/c1-3-27-18-10-8-17(9-11-18)14-23-21(25)12-13-22(26)24-15-16(2)28-20-7-5-4-6-19(20)24/h4-11,16H,3,12-15H2,1-2H3,(H,23,25). The third-order valence-corrected chi connectivity index (χ3v) is 5.67. The molecule has 1 atom stereocenters. The van der Waals surface area contributed by atoms with Crippen molar-refractivity contribution in [1.82, 2.24) is 5.32 Å². The van der Waals surface area contributed by atoms with Crippen molar-refractivity contribution < 1.29 is 14.3 Å². The zero-order valence-electron chi connectivity index (χ0n) is 16.3. The van der Waals surface area contributed by atoms with Gasteiger partial charge in [0.25, 0.3) is 0 Å². The summed E-state index contributed by atoms with van der Waals surface area (Å²) < 4.78 is 5.41. The van der Waals surface area contributed by atoms with E-state index >= 15 is 0 Å². The number of thioether (sulfide) groups is 1. The van der Waals surface area contributed by atoms with Crippen LogP contribution in [0.15, 0.2) is 53.4 Å². The molecule has 2 aromatic carbocycles. The smallest absolute Gasteiger partial charge is 0.227 e. The van der Waals surface area contributed by atoms with Gasteiger partial charge in [0.1, 0.15) is 5.75 Å². The van der Waals surface area contributed by atoms with Crippen LogP contribution in [0.4, 0.5) is 5.69 Å². The van der Waals surface area contributed by atoms with Crippen LogP contribution in [0.25, 0.3) is 0 Å². The quantitative estimate of drug-likeness (QED) is 0.766. The van der Waals surface area contributed by atoms with E-state index in [0.717, 1.165) is 21.9 Å². The van der Waals surface area contributed by atoms with Crippen molar-refractivity contribution in [3.8, 4) is 5.75 Å². The number of carbonyl (C=O) groups is 2. The zero-order valence-corrected chi connectivity index (χ0v) is 17.1. The first-order chi connectivity index (χ1) is 13.6. The van der Waals surface area contributed by atoms with E-state index in [-0.39, 0.29) is 24.7 Å². The molecule has 0 radical (unpaired) electrons. The minimum Gasteiger partial charge on any atom is -0.494 e. The molecule has 3 rings (SSSR count). The van der Waals surface area contributed by atoms with Crippen LogP contribution in [0.2, 0.25) is 0 Å². The van der Waals surface area contributed by atoms with Gasteiger partial charge in [-0.2, -0.15) is 0 Å². The largest absolute Gasteiger partial charge is 0.494 e. The van der Waals surface area contributed by atoms with Gasteiger partial charge in [-0.1, -0.05) is 31.2 Å². The van der Waals surface area contributed by atoms with E-state index < -0.39 is 0 Å². The van der Waals surface area contributed by atoms with E-state index in [1.54, 1.807) is 11.8 Å². The number of nitrogens with zero attached hydrogens (tertiary/aromatic N) is 1. The lowest BCUT2D eigenvalue weighted by atomic mass is 10.2. The lowest BCUT2D eigenvalue weighted by Gasteiger charge is -2.32. The first-order valence-corrected chi connectivity index (χ1v) is 10.5. The molecular weight excluding hydrogens is 372 g/mol. The predicted octanol–water partition coefficient (Wildman–Crippen LogP) is 4.01. The fourth-order valence-electron chi connectivity index (χ4n) is 3.14. The third kappa shape index (κ3) is 5.29. The number of nitrogens with one attached hydrogen (secondary N) is 1. The molecule has 1 unspecified atom stereocenters. The van der Waals surface area contributed by atoms with E-state index in [1.165, 1.54) is 0 Å². The van der Waals surface area contributed by atoms with Crippen molar-refractivity contribution in [1.29, 1.82) is 0 Å². The average molecular weight is 399 g/mol. The van der Waals surface area contributed by atoms with Gasteiger partial charge in [0.2, 0.25) is 11.8 Å². The van der Waals surface area contributed by atoms with Crippen molar-refractivity contribution >= 4 is 29.3 Å². The Hall–Kier alpha value is -2.47. The Labute approximate surface area is 170 Å². The highest BCUT2D eigenvalue weighted by atomic mass is 32.2. The van der Waals surface area contributed by atoms with E-state index in [1.807, 2.05) is 60.4 Å². The second kappa shape index (κ2) is 9.64. The minimum atomic E-state index is -0.116. The lowest BCUT2D eigenvalue weighted by molar-refractivity contribution is -0.125. The number of benzene rings is 2. The van der Waals surface area contributed by atoms with Gasteiger partial charge in [-0.05, 0) is 36.8 Å². The zero-order chi connectivity index (χ0) is 19.9. The van der Waals surface area contributed by atoms with E-state index in [4.69, 9.17) is 4.74 Å². The van der Waals surface area contributed by atoms with Gasteiger partial charge in [0, 0.05) is 36.1 Å². The molecule has 0 spiro atoms. The molecule has 5 nitrogen and oxygen atoms in total. The van der Waals surface area contributed by atoms with Gasteiger partial charge in [0.05, 0.1) is 12.3 Å². The first kappa shape index (κ1) is 20.3. The molecule has 2 amide bonds. The number of carbonyl (C=O) groups excluding carboxylic acids is 2. The number of ether oxygens (including phenoxy) is 1. The molecule has 0 saturated carbocycles. The van der Waals surface area contributed by atoms with Crippen molar-refractivity contribution in [2.75, 3.05) is 18.1 Å². The topological polar surface area (TPSA) is 58.6 Å². The van der Waals surface area contributed by atoms with Crippen LogP contribution in [-0.2, 0) is 16.1 Å². The first-order valence-electron chi connectivity index (χ1n) is 9.61. The van der Waals surface area contributed by atoms with E-state index in [9.17, 15) is 9.59 Å². The number of fused-ring (bicyclic) bond motifs is 1. The number of hydrogen-bond acceptors (Lipinski definition) is 4. The number of para-hydroxylation sites is 1. The normalized spacial score (nSPS) is 15.6. The van der Waals surface area contributed by atoms with Crippen LogP contribution >= 0.6 is 11.8 Å². The van der Waals surface area contributed by atoms with Gasteiger partial charge in [-0.3, -0.25) is 9.59 Å². The highest BCUT2D eigenvalue weighted by Crippen LogP contribution is 2.38. The number of anilines is 1. The van der Waals surface area contributed by atoms with Gasteiger partial charge >= 0.3 is 0 Å². The molecule has 0 aliphatic carbocycles. The van der Waals surface area contributed by atoms with E-state index in [2.05, 4.69) is 12.2 Å². The summed E-state index contributed by atoms with van der Waals surface area (Å²) in [6.07, 6.45) is 0.400. The maximum absolute atomic E-state index is 12.7. The number of hydrogen-bond donors (Lipinski definition) is 1. The molecule has 0 saturated heterocycles. The molecule has 148 valence electrons. The minimum absolute atomic E-state index is 0.00387. The van der Waals surface area contributed by atoms with Crippen molar-refractivity contribution in [3.05, 3.63) is 54.1 Å². The second-order valence-electron chi connectivity index (χ2n) is 6.75. The Morgan fingerprint density at radius 3 is 2.64 bits per heavy atom. The summed E-state index contributed by atoms with van der Waals surface area (Å²) in [4.78, 5) is 27.8. The molecule has 1 aliphatic heterocycles. The highest BCUT2D eigenvalue weighted by molar-refractivity contribution is 8.00. The summed E-state index contributed by atoms with van der Waals surface area (Å²) in [6, 6.07) is 15.6. The van der Waals surface area contributed by atoms with Crippen LogP contribution < -0.4 is 15.0 Å². The third-order valence-electron chi connectivity index (χ3n) is 4.51. The molecule has 1 heterocycles. The molecule has 1 N–H and O–H groups in total. The Bertz CT molecular complexity index is 823. The molecule has 1 aliphatic rings. The van der Waals surface area contributed by atoms with Gasteiger partial charge < -0.3 is 15.0 Å². The Balaban J connectivity index is 1.48. The van der Waals surface area contributed by atoms with Crippen LogP contribution in [0.3, 0.4) is 0 Å². The summed E-state index contributed by atoms with van der Waals surface area (Å²) >= 11 is 1.78. The Morgan fingerprint density at radius 2 is 1.89 bits per heavy atom. The predicted molar refractivity (Wildman–Crippen MR) is 113 cm³/mol. The molecular formula is C22H26N2O3S. The molecule has 0 fully saturated rings. The van der Waals surface area contributed by atoms with Crippen molar-refractivity contribution in [2.45, 2.75) is 43.4 Å². The summed E-state index contributed by atoms with van der Waals surface area (Å²) in [6.45, 7) is 5.80. The molecule has 2 aromatic rings. The van der Waals surface area contributed by atoms with Crippen molar-refractivity contribution in [2.24, 2.45) is 0 Å². The van der Waals surface area contributed by atoms with Crippen LogP contribution in [-0.4, -0.2) is 30.2 Å². The highest BCUT2D eigenvalue weighted by Gasteiger charge is 2.26. The van der Waals surface area contributed by atoms with Gasteiger partial charge in [-0.15, -0.1) is 11.8 Å². The van der Waals surface area contributed by atoms with Gasteiger partial charge in [0.15, 0.2) is 0 Å². The summed E-state index contributed by atoms with van der Waals surface area (Å²) in [5, 5.41) is 3.22. The Kier molecular flexibility index (Phi) is 6.98. The SMILES string of the molecule is CCOc1ccc(CNC(=O)CCC(=O)N2CC(C)Sc3ccccc32)cc1.